The molecule has 2 atom stereocenters. The van der Waals surface area contributed by atoms with Gasteiger partial charge in [0.15, 0.2) is 0 Å². The van der Waals surface area contributed by atoms with Crippen molar-refractivity contribution in [3.8, 4) is 5.75 Å². The van der Waals surface area contributed by atoms with E-state index >= 15 is 0 Å². The van der Waals surface area contributed by atoms with Crippen molar-refractivity contribution < 1.29 is 9.13 Å². The molecular weight excluding hydrogens is 291 g/mol. The van der Waals surface area contributed by atoms with Gasteiger partial charge in [0.1, 0.15) is 11.6 Å². The number of aryl methyl sites for hydroxylation is 1. The van der Waals surface area contributed by atoms with E-state index in [1.165, 1.54) is 23.3 Å². The van der Waals surface area contributed by atoms with Gasteiger partial charge in [-0.05, 0) is 54.3 Å². The molecule has 0 aromatic heterocycles. The molecule has 1 heterocycles. The molecule has 4 rings (SSSR count). The van der Waals surface area contributed by atoms with Crippen LogP contribution in [0, 0.1) is 11.7 Å². The molecule has 118 valence electrons. The minimum atomic E-state index is -0.198. The lowest BCUT2D eigenvalue weighted by atomic mass is 9.77. The summed E-state index contributed by atoms with van der Waals surface area (Å²) in [6.07, 6.45) is 2.06. The second-order valence-corrected chi connectivity index (χ2v) is 6.22. The quantitative estimate of drug-likeness (QED) is 0.843. The van der Waals surface area contributed by atoms with E-state index in [0.29, 0.717) is 5.92 Å². The maximum absolute atomic E-state index is 13.2. The molecule has 2 aromatic carbocycles. The van der Waals surface area contributed by atoms with Gasteiger partial charge in [-0.15, -0.1) is 0 Å². The lowest BCUT2D eigenvalue weighted by Crippen LogP contribution is -2.27. The van der Waals surface area contributed by atoms with Crippen LogP contribution in [-0.4, -0.2) is 24.9 Å². The fraction of sp³-hybridized carbons (Fsp3) is 0.316. The second-order valence-electron chi connectivity index (χ2n) is 6.22. The Kier molecular flexibility index (Phi) is 3.33. The number of hydrogen-bond acceptors (Lipinski definition) is 3. The number of halogens is 1. The number of methoxy groups -OCH3 is 1. The van der Waals surface area contributed by atoms with Crippen LogP contribution in [0.3, 0.4) is 0 Å². The molecule has 23 heavy (non-hydrogen) atoms. The largest absolute Gasteiger partial charge is 0.497 e. The topological polar surface area (TPSA) is 24.8 Å². The van der Waals surface area contributed by atoms with Crippen molar-refractivity contribution in [3.05, 3.63) is 65.0 Å². The average Bonchev–Trinajstić information content (AvgIpc) is 2.91. The molecular formula is C19H19FN2O. The van der Waals surface area contributed by atoms with E-state index in [1.54, 1.807) is 7.11 Å². The number of fused-ring (bicyclic) bond motifs is 3. The summed E-state index contributed by atoms with van der Waals surface area (Å²) in [6, 6.07) is 13.2. The molecule has 0 saturated carbocycles. The predicted octanol–water partition coefficient (Wildman–Crippen LogP) is 3.79. The number of benzene rings is 2. The zero-order chi connectivity index (χ0) is 16.0. The van der Waals surface area contributed by atoms with Gasteiger partial charge < -0.3 is 4.74 Å². The van der Waals surface area contributed by atoms with Crippen LogP contribution in [0.5, 0.6) is 5.75 Å². The third-order valence-corrected chi connectivity index (χ3v) is 4.92. The Hall–Kier alpha value is -2.36. The summed E-state index contributed by atoms with van der Waals surface area (Å²) in [4.78, 5) is 0. The van der Waals surface area contributed by atoms with Gasteiger partial charge in [0.25, 0.3) is 0 Å². The van der Waals surface area contributed by atoms with Gasteiger partial charge in [-0.25, -0.2) is 4.39 Å². The van der Waals surface area contributed by atoms with Crippen molar-refractivity contribution in [2.45, 2.75) is 18.9 Å². The Morgan fingerprint density at radius 1 is 1.17 bits per heavy atom. The molecule has 0 saturated heterocycles. The zero-order valence-electron chi connectivity index (χ0n) is 13.3. The molecule has 0 bridgehead atoms. The molecule has 0 spiro atoms. The van der Waals surface area contributed by atoms with Crippen LogP contribution >= 0.6 is 0 Å². The summed E-state index contributed by atoms with van der Waals surface area (Å²) < 4.78 is 18.5. The normalized spacial score (nSPS) is 22.4. The smallest absolute Gasteiger partial charge is 0.123 e. The van der Waals surface area contributed by atoms with Gasteiger partial charge in [0, 0.05) is 18.5 Å². The number of hydrazone groups is 1. The highest BCUT2D eigenvalue weighted by atomic mass is 19.1. The maximum atomic E-state index is 13.2. The summed E-state index contributed by atoms with van der Waals surface area (Å²) in [5.74, 6) is 1.05. The van der Waals surface area contributed by atoms with Gasteiger partial charge in [0.05, 0.1) is 18.9 Å². The summed E-state index contributed by atoms with van der Waals surface area (Å²) in [5, 5.41) is 6.82. The third-order valence-electron chi connectivity index (χ3n) is 4.92. The molecule has 1 aliphatic carbocycles. The standard InChI is InChI=1S/C19H19FN2O/c1-22-19(12-3-6-14(20)7-4-12)17-9-5-13-11-15(23-2)8-10-16(13)18(17)21-22/h3-4,6-8,10-11,17,19H,5,9H2,1-2H3/t17-,19-/m1/s1. The molecule has 0 amide bonds. The average molecular weight is 310 g/mol. The molecule has 3 nitrogen and oxygen atoms in total. The molecule has 2 aliphatic rings. The van der Waals surface area contributed by atoms with E-state index in [4.69, 9.17) is 9.84 Å². The van der Waals surface area contributed by atoms with Crippen LogP contribution in [0.2, 0.25) is 0 Å². The molecule has 0 radical (unpaired) electrons. The highest BCUT2D eigenvalue weighted by Gasteiger charge is 2.39. The highest BCUT2D eigenvalue weighted by Crippen LogP contribution is 2.43. The number of hydrogen-bond donors (Lipinski definition) is 0. The number of nitrogens with zero attached hydrogens (tertiary/aromatic N) is 2. The monoisotopic (exact) mass is 310 g/mol. The first-order valence-corrected chi connectivity index (χ1v) is 7.91. The molecule has 0 unspecified atom stereocenters. The van der Waals surface area contributed by atoms with Crippen LogP contribution in [0.1, 0.15) is 29.2 Å². The second kappa shape index (κ2) is 5.37. The fourth-order valence-electron chi connectivity index (χ4n) is 3.84. The number of ether oxygens (including phenoxy) is 1. The van der Waals surface area contributed by atoms with Crippen LogP contribution in [0.15, 0.2) is 47.6 Å². The lowest BCUT2D eigenvalue weighted by molar-refractivity contribution is 0.243. The number of rotatable bonds is 2. The summed E-state index contributed by atoms with van der Waals surface area (Å²) in [5.41, 5.74) is 4.78. The van der Waals surface area contributed by atoms with Crippen molar-refractivity contribution in [1.29, 1.82) is 0 Å². The SMILES string of the molecule is COc1ccc2c(c1)CC[C@@H]1C2=NN(C)[C@@H]1c1ccc(F)cc1. The van der Waals surface area contributed by atoms with Gasteiger partial charge >= 0.3 is 0 Å². The van der Waals surface area contributed by atoms with Gasteiger partial charge in [0.2, 0.25) is 0 Å². The predicted molar refractivity (Wildman–Crippen MR) is 88.2 cm³/mol. The Bertz CT molecular complexity index is 769. The van der Waals surface area contributed by atoms with Crippen LogP contribution < -0.4 is 4.74 Å². The maximum Gasteiger partial charge on any atom is 0.123 e. The first-order valence-electron chi connectivity index (χ1n) is 7.91. The summed E-state index contributed by atoms with van der Waals surface area (Å²) >= 11 is 0. The Morgan fingerprint density at radius 3 is 2.70 bits per heavy atom. The molecule has 1 aliphatic heterocycles. The van der Waals surface area contributed by atoms with Crippen molar-refractivity contribution in [1.82, 2.24) is 5.01 Å². The summed E-state index contributed by atoms with van der Waals surface area (Å²) in [6.45, 7) is 0. The summed E-state index contributed by atoms with van der Waals surface area (Å²) in [7, 11) is 3.70. The van der Waals surface area contributed by atoms with E-state index in [0.717, 1.165) is 29.9 Å². The fourth-order valence-corrected chi connectivity index (χ4v) is 3.84. The van der Waals surface area contributed by atoms with Crippen molar-refractivity contribution in [2.75, 3.05) is 14.2 Å². The van der Waals surface area contributed by atoms with E-state index < -0.39 is 0 Å². The third kappa shape index (κ3) is 2.29. The highest BCUT2D eigenvalue weighted by molar-refractivity contribution is 6.05. The van der Waals surface area contributed by atoms with Gasteiger partial charge in [-0.3, -0.25) is 5.01 Å². The van der Waals surface area contributed by atoms with Gasteiger partial charge in [-0.1, -0.05) is 12.1 Å². The van der Waals surface area contributed by atoms with E-state index in [2.05, 4.69) is 12.1 Å². The Morgan fingerprint density at radius 2 is 1.96 bits per heavy atom. The molecule has 4 heteroatoms. The van der Waals surface area contributed by atoms with Crippen LogP contribution in [-0.2, 0) is 6.42 Å². The van der Waals surface area contributed by atoms with Crippen LogP contribution in [0.25, 0.3) is 0 Å². The van der Waals surface area contributed by atoms with Gasteiger partial charge in [-0.2, -0.15) is 5.10 Å². The van der Waals surface area contributed by atoms with Crippen molar-refractivity contribution in [2.24, 2.45) is 11.0 Å². The van der Waals surface area contributed by atoms with Crippen LogP contribution in [0.4, 0.5) is 4.39 Å². The van der Waals surface area contributed by atoms with E-state index in [9.17, 15) is 4.39 Å². The van der Waals surface area contributed by atoms with E-state index in [-0.39, 0.29) is 11.9 Å². The first-order chi connectivity index (χ1) is 11.2. The molecule has 2 aromatic rings. The lowest BCUT2D eigenvalue weighted by Gasteiger charge is -2.29. The van der Waals surface area contributed by atoms with Crippen molar-refractivity contribution >= 4 is 5.71 Å². The minimum absolute atomic E-state index is 0.181. The molecule has 0 fully saturated rings. The molecule has 0 N–H and O–H groups in total. The zero-order valence-corrected chi connectivity index (χ0v) is 13.3. The minimum Gasteiger partial charge on any atom is -0.497 e. The van der Waals surface area contributed by atoms with Crippen molar-refractivity contribution in [3.63, 3.8) is 0 Å². The first kappa shape index (κ1) is 14.2. The Labute approximate surface area is 135 Å². The van der Waals surface area contributed by atoms with E-state index in [1.807, 2.05) is 30.3 Å². The Balaban J connectivity index is 1.71.